The maximum Gasteiger partial charge on any atom is 0.472 e. The van der Waals surface area contributed by atoms with Crippen molar-refractivity contribution < 1.29 is 80.2 Å². The summed E-state index contributed by atoms with van der Waals surface area (Å²) in [6.07, 6.45) is 86.3. The second kappa shape index (κ2) is 87.9. The molecule has 0 fully saturated rings. The van der Waals surface area contributed by atoms with E-state index in [9.17, 15) is 43.2 Å². The Bertz CT molecular complexity index is 2120. The Morgan fingerprint density at radius 1 is 0.212 bits per heavy atom. The summed E-state index contributed by atoms with van der Waals surface area (Å²) in [5.41, 5.74) is 0. The minimum Gasteiger partial charge on any atom is -0.462 e. The summed E-state index contributed by atoms with van der Waals surface area (Å²) in [5, 5.41) is 10.7. The van der Waals surface area contributed by atoms with Crippen LogP contribution in [0.25, 0.3) is 0 Å². The quantitative estimate of drug-likeness (QED) is 0.0222. The number of carbonyl (C=O) groups is 4. The third kappa shape index (κ3) is 87.7. The predicted molar refractivity (Wildman–Crippen MR) is 469 cm³/mol. The Morgan fingerprint density at radius 2 is 0.354 bits per heavy atom. The summed E-state index contributed by atoms with van der Waals surface area (Å²) in [6.45, 7) is 5.10. The number of ether oxygens (including phenoxy) is 4. The smallest absolute Gasteiger partial charge is 0.462 e. The molecule has 3 N–H and O–H groups in total. The van der Waals surface area contributed by atoms with Gasteiger partial charge in [0.25, 0.3) is 0 Å². The lowest BCUT2D eigenvalue weighted by molar-refractivity contribution is -0.161. The molecule has 2 unspecified atom stereocenters. The fourth-order valence-corrected chi connectivity index (χ4v) is 16.5. The fourth-order valence-electron chi connectivity index (χ4n) is 14.9. The van der Waals surface area contributed by atoms with Gasteiger partial charge in [0.1, 0.15) is 19.3 Å². The lowest BCUT2D eigenvalue weighted by Crippen LogP contribution is -2.30. The van der Waals surface area contributed by atoms with Crippen LogP contribution in [0.4, 0.5) is 0 Å². The standard InChI is InChI=1S/C94H184O17P2/c1-5-9-13-17-21-25-29-32-35-38-41-44-47-49-52-55-59-63-67-71-75-79-92(97)105-85-90(111-94(99)81-77-73-69-65-61-57-54-51-48-45-42-39-36-33-30-26-22-18-14-10-6-2)87-109-113(102,103)107-83-88(95)82-106-112(100,101)108-86-89(84-104-91(96)78-74-70-66-62-58-28-24-20-16-12-8-4)110-93(98)80-76-72-68-64-60-56-53-50-46-43-40-37-34-31-27-23-19-15-11-7-3/h88-90,95H,5-87H2,1-4H3,(H,100,101)(H,102,103)/t88-,89+,90+/m0/s1. The molecule has 0 saturated heterocycles. The van der Waals surface area contributed by atoms with Crippen LogP contribution in [0.1, 0.15) is 522 Å². The van der Waals surface area contributed by atoms with E-state index in [4.69, 9.17) is 37.0 Å². The molecule has 0 aliphatic carbocycles. The van der Waals surface area contributed by atoms with E-state index in [1.165, 1.54) is 353 Å². The molecule has 0 rings (SSSR count). The lowest BCUT2D eigenvalue weighted by Gasteiger charge is -2.21. The molecule has 113 heavy (non-hydrogen) atoms. The molecule has 0 saturated carbocycles. The van der Waals surface area contributed by atoms with Crippen molar-refractivity contribution in [1.82, 2.24) is 0 Å². The van der Waals surface area contributed by atoms with Gasteiger partial charge in [0.05, 0.1) is 26.4 Å². The van der Waals surface area contributed by atoms with Gasteiger partial charge in [-0.3, -0.25) is 37.3 Å². The van der Waals surface area contributed by atoms with Gasteiger partial charge in [0.15, 0.2) is 12.2 Å². The third-order valence-corrected chi connectivity index (χ3v) is 24.3. The van der Waals surface area contributed by atoms with Gasteiger partial charge in [0, 0.05) is 25.7 Å². The van der Waals surface area contributed by atoms with E-state index in [2.05, 4.69) is 27.7 Å². The Labute approximate surface area is 696 Å². The first kappa shape index (κ1) is 111. The number of unbranched alkanes of at least 4 members (excludes halogenated alkanes) is 69. The lowest BCUT2D eigenvalue weighted by atomic mass is 10.0. The molecule has 0 heterocycles. The highest BCUT2D eigenvalue weighted by Crippen LogP contribution is 2.45. The first-order valence-electron chi connectivity index (χ1n) is 48.8. The van der Waals surface area contributed by atoms with Crippen LogP contribution in [-0.4, -0.2) is 96.7 Å². The summed E-state index contributed by atoms with van der Waals surface area (Å²) in [5.74, 6) is -2.09. The van der Waals surface area contributed by atoms with Crippen LogP contribution < -0.4 is 0 Å². The third-order valence-electron chi connectivity index (χ3n) is 22.4. The van der Waals surface area contributed by atoms with Crippen LogP contribution in [-0.2, 0) is 65.4 Å². The van der Waals surface area contributed by atoms with Crippen molar-refractivity contribution in [2.24, 2.45) is 0 Å². The average Bonchev–Trinajstić information content (AvgIpc) is 0.905. The highest BCUT2D eigenvalue weighted by molar-refractivity contribution is 7.47. The zero-order chi connectivity index (χ0) is 82.4. The number of phosphoric ester groups is 2. The fraction of sp³-hybridized carbons (Fsp3) is 0.957. The van der Waals surface area contributed by atoms with E-state index in [0.29, 0.717) is 25.7 Å². The van der Waals surface area contributed by atoms with Crippen LogP contribution in [0.2, 0.25) is 0 Å². The minimum atomic E-state index is -4.97. The van der Waals surface area contributed by atoms with Gasteiger partial charge in [-0.25, -0.2) is 9.13 Å². The van der Waals surface area contributed by atoms with E-state index >= 15 is 0 Å². The largest absolute Gasteiger partial charge is 0.472 e. The van der Waals surface area contributed by atoms with E-state index in [-0.39, 0.29) is 25.7 Å². The number of hydrogen-bond acceptors (Lipinski definition) is 15. The van der Waals surface area contributed by atoms with Crippen molar-refractivity contribution in [2.75, 3.05) is 39.6 Å². The van der Waals surface area contributed by atoms with Gasteiger partial charge in [-0.15, -0.1) is 0 Å². The van der Waals surface area contributed by atoms with Crippen LogP contribution in [0.15, 0.2) is 0 Å². The van der Waals surface area contributed by atoms with Crippen LogP contribution in [0.5, 0.6) is 0 Å². The number of carbonyl (C=O) groups excluding carboxylic acids is 4. The molecule has 19 heteroatoms. The molecule has 0 amide bonds. The molecule has 0 aliphatic heterocycles. The number of esters is 4. The molecular formula is C94H184O17P2. The van der Waals surface area contributed by atoms with E-state index in [0.717, 1.165) is 89.9 Å². The van der Waals surface area contributed by atoms with E-state index in [1.54, 1.807) is 0 Å². The molecule has 0 aromatic heterocycles. The number of aliphatic hydroxyl groups is 1. The maximum absolute atomic E-state index is 13.2. The average molecular weight is 1650 g/mol. The zero-order valence-electron chi connectivity index (χ0n) is 74.4. The van der Waals surface area contributed by atoms with Gasteiger partial charge in [-0.2, -0.15) is 0 Å². The SMILES string of the molecule is CCCCCCCCCCCCCCCCCCCCCCCC(=O)OC[C@H](COP(=O)(O)OC[C@@H](O)COP(=O)(O)OC[C@@H](COC(=O)CCCCCCCCCCCCC)OC(=O)CCCCCCCCCCCCCCCCCCCCCC)OC(=O)CCCCCCCCCCCCCCCCCCCCCCC. The van der Waals surface area contributed by atoms with Crippen molar-refractivity contribution in [2.45, 2.75) is 540 Å². The maximum atomic E-state index is 13.2. The second-order valence-electron chi connectivity index (χ2n) is 33.8. The summed E-state index contributed by atoms with van der Waals surface area (Å²) < 4.78 is 69.2. The monoisotopic (exact) mass is 1650 g/mol. The number of rotatable bonds is 95. The topological polar surface area (TPSA) is 237 Å². The highest BCUT2D eigenvalue weighted by atomic mass is 31.2. The van der Waals surface area contributed by atoms with Crippen molar-refractivity contribution in [3.05, 3.63) is 0 Å². The Hall–Kier alpha value is -1.94. The van der Waals surface area contributed by atoms with Gasteiger partial charge in [-0.1, -0.05) is 471 Å². The van der Waals surface area contributed by atoms with Crippen LogP contribution >= 0.6 is 15.6 Å². The van der Waals surface area contributed by atoms with Crippen molar-refractivity contribution in [3.63, 3.8) is 0 Å². The summed E-state index contributed by atoms with van der Waals surface area (Å²) in [7, 11) is -9.94. The molecule has 0 spiro atoms. The van der Waals surface area contributed by atoms with Gasteiger partial charge in [-0.05, 0) is 25.7 Å². The highest BCUT2D eigenvalue weighted by Gasteiger charge is 2.31. The van der Waals surface area contributed by atoms with Crippen molar-refractivity contribution in [1.29, 1.82) is 0 Å². The van der Waals surface area contributed by atoms with Crippen LogP contribution in [0, 0.1) is 0 Å². The van der Waals surface area contributed by atoms with Crippen LogP contribution in [0.3, 0.4) is 0 Å². The molecular weight excluding hydrogens is 1460 g/mol. The van der Waals surface area contributed by atoms with Gasteiger partial charge in [0.2, 0.25) is 0 Å². The molecule has 17 nitrogen and oxygen atoms in total. The van der Waals surface area contributed by atoms with Gasteiger partial charge >= 0.3 is 39.5 Å². The zero-order valence-corrected chi connectivity index (χ0v) is 76.2. The Kier molecular flexibility index (Phi) is 86.4. The van der Waals surface area contributed by atoms with E-state index < -0.39 is 97.5 Å². The summed E-state index contributed by atoms with van der Waals surface area (Å²) in [4.78, 5) is 73.5. The molecule has 0 aromatic rings. The number of phosphoric acid groups is 2. The first-order chi connectivity index (χ1) is 55.2. The number of hydrogen-bond donors (Lipinski definition) is 3. The first-order valence-corrected chi connectivity index (χ1v) is 51.8. The summed E-state index contributed by atoms with van der Waals surface area (Å²) in [6, 6.07) is 0. The molecule has 672 valence electrons. The second-order valence-corrected chi connectivity index (χ2v) is 36.7. The molecule has 0 radical (unpaired) electrons. The Balaban J connectivity index is 5.22. The molecule has 0 bridgehead atoms. The molecule has 0 aliphatic rings. The normalized spacial score (nSPS) is 13.6. The Morgan fingerprint density at radius 3 is 0.522 bits per heavy atom. The van der Waals surface area contributed by atoms with Gasteiger partial charge < -0.3 is 33.8 Å². The van der Waals surface area contributed by atoms with E-state index in [1.807, 2.05) is 0 Å². The number of aliphatic hydroxyl groups excluding tert-OH is 1. The minimum absolute atomic E-state index is 0.110. The van der Waals surface area contributed by atoms with Crippen molar-refractivity contribution in [3.8, 4) is 0 Å². The van der Waals surface area contributed by atoms with Crippen molar-refractivity contribution >= 4 is 39.5 Å². The molecule has 0 aromatic carbocycles. The predicted octanol–water partition coefficient (Wildman–Crippen LogP) is 29.6. The summed E-state index contributed by atoms with van der Waals surface area (Å²) >= 11 is 0. The molecule has 5 atom stereocenters.